The van der Waals surface area contributed by atoms with Crippen LogP contribution < -0.4 is 20.5 Å². The average Bonchev–Trinajstić information content (AvgIpc) is 2.90. The Balaban J connectivity index is 1.80. The number of nitrogens with one attached hydrogen (secondary N) is 1. The molecule has 2 aromatic rings. The zero-order valence-electron chi connectivity index (χ0n) is 11.0. The molecular formula is C15H14N2O3. The zero-order valence-corrected chi connectivity index (χ0v) is 11.0. The van der Waals surface area contributed by atoms with Crippen LogP contribution >= 0.6 is 0 Å². The van der Waals surface area contributed by atoms with Crippen LogP contribution in [-0.2, 0) is 0 Å². The minimum atomic E-state index is -0.201. The summed E-state index contributed by atoms with van der Waals surface area (Å²) in [6.07, 6.45) is 0. The highest BCUT2D eigenvalue weighted by Gasteiger charge is 2.16. The Labute approximate surface area is 116 Å². The molecular weight excluding hydrogens is 256 g/mol. The number of ether oxygens (including phenoxy) is 2. The summed E-state index contributed by atoms with van der Waals surface area (Å²) in [5, 5.41) is 2.83. The molecule has 0 atom stereocenters. The fourth-order valence-electron chi connectivity index (χ4n) is 1.99. The van der Waals surface area contributed by atoms with E-state index in [2.05, 4.69) is 5.32 Å². The molecule has 102 valence electrons. The van der Waals surface area contributed by atoms with Gasteiger partial charge < -0.3 is 20.5 Å². The van der Waals surface area contributed by atoms with E-state index in [1.165, 1.54) is 0 Å². The fraction of sp³-hybridized carbons (Fsp3) is 0.133. The van der Waals surface area contributed by atoms with Gasteiger partial charge in [0.25, 0.3) is 5.91 Å². The number of nitrogens with two attached hydrogens (primary N) is 1. The van der Waals surface area contributed by atoms with Crippen LogP contribution in [0.5, 0.6) is 11.5 Å². The number of fused-ring (bicyclic) bond motifs is 1. The zero-order chi connectivity index (χ0) is 14.1. The Bertz CT molecular complexity index is 683. The summed E-state index contributed by atoms with van der Waals surface area (Å²) in [5.74, 6) is 1.04. The summed E-state index contributed by atoms with van der Waals surface area (Å²) in [6, 6.07) is 10.5. The largest absolute Gasteiger partial charge is 0.454 e. The molecule has 0 spiro atoms. The van der Waals surface area contributed by atoms with Crippen LogP contribution in [-0.4, -0.2) is 12.7 Å². The lowest BCUT2D eigenvalue weighted by Gasteiger charge is -2.08. The molecule has 0 aliphatic carbocycles. The van der Waals surface area contributed by atoms with Crippen LogP contribution in [0.15, 0.2) is 36.4 Å². The van der Waals surface area contributed by atoms with Crippen LogP contribution in [0.1, 0.15) is 15.9 Å². The lowest BCUT2D eigenvalue weighted by atomic mass is 10.1. The number of anilines is 2. The van der Waals surface area contributed by atoms with E-state index in [1.807, 2.05) is 13.0 Å². The highest BCUT2D eigenvalue weighted by Crippen LogP contribution is 2.32. The van der Waals surface area contributed by atoms with Crippen LogP contribution in [0, 0.1) is 6.92 Å². The summed E-state index contributed by atoms with van der Waals surface area (Å²) in [6.45, 7) is 2.09. The maximum atomic E-state index is 12.2. The third-order valence-corrected chi connectivity index (χ3v) is 3.16. The molecule has 2 aromatic carbocycles. The van der Waals surface area contributed by atoms with E-state index in [1.54, 1.807) is 30.3 Å². The van der Waals surface area contributed by atoms with Gasteiger partial charge in [-0.25, -0.2) is 0 Å². The molecule has 1 amide bonds. The number of aryl methyl sites for hydroxylation is 1. The van der Waals surface area contributed by atoms with Gasteiger partial charge in [0.05, 0.1) is 0 Å². The predicted molar refractivity (Wildman–Crippen MR) is 76.1 cm³/mol. The number of benzene rings is 2. The van der Waals surface area contributed by atoms with Crippen molar-refractivity contribution < 1.29 is 14.3 Å². The van der Waals surface area contributed by atoms with Crippen LogP contribution in [0.2, 0.25) is 0 Å². The molecule has 5 heteroatoms. The second kappa shape index (κ2) is 4.77. The maximum absolute atomic E-state index is 12.2. The van der Waals surface area contributed by atoms with Crippen molar-refractivity contribution in [2.75, 3.05) is 17.8 Å². The van der Waals surface area contributed by atoms with Gasteiger partial charge in [-0.1, -0.05) is 0 Å². The maximum Gasteiger partial charge on any atom is 0.255 e. The monoisotopic (exact) mass is 270 g/mol. The predicted octanol–water partition coefficient (Wildman–Crippen LogP) is 2.56. The summed E-state index contributed by atoms with van der Waals surface area (Å²) < 4.78 is 10.5. The van der Waals surface area contributed by atoms with Crippen molar-refractivity contribution in [1.82, 2.24) is 0 Å². The first-order valence-electron chi connectivity index (χ1n) is 6.20. The van der Waals surface area contributed by atoms with Gasteiger partial charge in [-0.15, -0.1) is 0 Å². The molecule has 1 aliphatic rings. The lowest BCUT2D eigenvalue weighted by molar-refractivity contribution is 0.102. The van der Waals surface area contributed by atoms with Gasteiger partial charge in [0, 0.05) is 16.9 Å². The van der Waals surface area contributed by atoms with Gasteiger partial charge in [0.2, 0.25) is 6.79 Å². The van der Waals surface area contributed by atoms with E-state index in [4.69, 9.17) is 15.2 Å². The molecule has 0 radical (unpaired) electrons. The number of carbonyl (C=O) groups excluding carboxylic acids is 1. The van der Waals surface area contributed by atoms with E-state index in [9.17, 15) is 4.79 Å². The van der Waals surface area contributed by atoms with Crippen LogP contribution in [0.4, 0.5) is 11.4 Å². The quantitative estimate of drug-likeness (QED) is 0.822. The molecule has 0 bridgehead atoms. The van der Waals surface area contributed by atoms with Gasteiger partial charge in [0.1, 0.15) is 0 Å². The van der Waals surface area contributed by atoms with Crippen LogP contribution in [0.3, 0.4) is 0 Å². The summed E-state index contributed by atoms with van der Waals surface area (Å²) >= 11 is 0. The van der Waals surface area contributed by atoms with Crippen molar-refractivity contribution in [3.05, 3.63) is 47.5 Å². The van der Waals surface area contributed by atoms with Crippen molar-refractivity contribution >= 4 is 17.3 Å². The Morgan fingerprint density at radius 1 is 1.15 bits per heavy atom. The first-order valence-corrected chi connectivity index (χ1v) is 6.20. The Morgan fingerprint density at radius 3 is 2.75 bits per heavy atom. The van der Waals surface area contributed by atoms with E-state index >= 15 is 0 Å². The Morgan fingerprint density at radius 2 is 1.95 bits per heavy atom. The van der Waals surface area contributed by atoms with Crippen molar-refractivity contribution in [3.63, 3.8) is 0 Å². The third-order valence-electron chi connectivity index (χ3n) is 3.16. The highest BCUT2D eigenvalue weighted by molar-refractivity contribution is 6.04. The second-order valence-electron chi connectivity index (χ2n) is 4.59. The van der Waals surface area contributed by atoms with Crippen molar-refractivity contribution in [3.8, 4) is 11.5 Å². The molecule has 0 unspecified atom stereocenters. The molecule has 0 saturated heterocycles. The van der Waals surface area contributed by atoms with Gasteiger partial charge in [0.15, 0.2) is 11.5 Å². The topological polar surface area (TPSA) is 73.6 Å². The van der Waals surface area contributed by atoms with Crippen molar-refractivity contribution in [2.45, 2.75) is 6.92 Å². The second-order valence-corrected chi connectivity index (χ2v) is 4.59. The first kappa shape index (κ1) is 12.3. The fourth-order valence-corrected chi connectivity index (χ4v) is 1.99. The Kier molecular flexibility index (Phi) is 2.95. The summed E-state index contributed by atoms with van der Waals surface area (Å²) in [7, 11) is 0. The number of carbonyl (C=O) groups is 1. The molecule has 1 heterocycles. The van der Waals surface area contributed by atoms with Gasteiger partial charge >= 0.3 is 0 Å². The third kappa shape index (κ3) is 2.25. The summed E-state index contributed by atoms with van der Waals surface area (Å²) in [4.78, 5) is 12.2. The first-order chi connectivity index (χ1) is 9.63. The van der Waals surface area contributed by atoms with Gasteiger partial charge in [-0.05, 0) is 48.9 Å². The average molecular weight is 270 g/mol. The van der Waals surface area contributed by atoms with E-state index in [0.29, 0.717) is 28.4 Å². The number of nitrogen functional groups attached to an aromatic ring is 1. The molecule has 5 nitrogen and oxygen atoms in total. The van der Waals surface area contributed by atoms with Gasteiger partial charge in [-0.2, -0.15) is 0 Å². The van der Waals surface area contributed by atoms with Crippen LogP contribution in [0.25, 0.3) is 0 Å². The highest BCUT2D eigenvalue weighted by atomic mass is 16.7. The Hall–Kier alpha value is -2.69. The molecule has 3 N–H and O–H groups in total. The lowest BCUT2D eigenvalue weighted by Crippen LogP contribution is -2.12. The van der Waals surface area contributed by atoms with Gasteiger partial charge in [-0.3, -0.25) is 4.79 Å². The number of rotatable bonds is 2. The number of hydrogen-bond acceptors (Lipinski definition) is 4. The molecule has 0 aromatic heterocycles. The summed E-state index contributed by atoms with van der Waals surface area (Å²) in [5.41, 5.74) is 8.60. The minimum absolute atomic E-state index is 0.192. The molecule has 0 fully saturated rings. The normalized spacial score (nSPS) is 12.2. The standard InChI is InChI=1S/C15H14N2O3/c1-9-6-11(3-4-12(9)16)17-15(18)10-2-5-13-14(7-10)20-8-19-13/h2-7H,8,16H2,1H3,(H,17,18). The van der Waals surface area contributed by atoms with E-state index in [-0.39, 0.29) is 12.7 Å². The van der Waals surface area contributed by atoms with Crippen molar-refractivity contribution in [2.24, 2.45) is 0 Å². The number of hydrogen-bond donors (Lipinski definition) is 2. The minimum Gasteiger partial charge on any atom is -0.454 e. The molecule has 0 saturated carbocycles. The molecule has 20 heavy (non-hydrogen) atoms. The molecule has 1 aliphatic heterocycles. The van der Waals surface area contributed by atoms with E-state index < -0.39 is 0 Å². The van der Waals surface area contributed by atoms with Crippen molar-refractivity contribution in [1.29, 1.82) is 0 Å². The smallest absolute Gasteiger partial charge is 0.255 e. The number of amides is 1. The van der Waals surface area contributed by atoms with E-state index in [0.717, 1.165) is 5.56 Å². The molecule has 3 rings (SSSR count). The SMILES string of the molecule is Cc1cc(NC(=O)c2ccc3c(c2)OCO3)ccc1N.